The summed E-state index contributed by atoms with van der Waals surface area (Å²) in [6.45, 7) is 3.03. The number of piperidine rings is 1. The molecular formula is C20H21ClN2O2S. The van der Waals surface area contributed by atoms with Gasteiger partial charge in [0.2, 0.25) is 10.0 Å². The predicted octanol–water partition coefficient (Wildman–Crippen LogP) is 4.70. The first-order valence-electron chi connectivity index (χ1n) is 8.78. The molecule has 0 unspecified atom stereocenters. The van der Waals surface area contributed by atoms with Gasteiger partial charge in [0.1, 0.15) is 0 Å². The van der Waals surface area contributed by atoms with Crippen molar-refractivity contribution in [2.24, 2.45) is 0 Å². The zero-order valence-corrected chi connectivity index (χ0v) is 16.1. The summed E-state index contributed by atoms with van der Waals surface area (Å²) < 4.78 is 27.3. The van der Waals surface area contributed by atoms with Crippen LogP contribution in [0.5, 0.6) is 0 Å². The largest absolute Gasteiger partial charge is 0.358 e. The maximum absolute atomic E-state index is 12.8. The topological polar surface area (TPSA) is 53.2 Å². The summed E-state index contributed by atoms with van der Waals surface area (Å²) >= 11 is 6.06. The molecule has 0 radical (unpaired) electrons. The van der Waals surface area contributed by atoms with E-state index in [0.29, 0.717) is 23.9 Å². The molecule has 1 aliphatic rings. The van der Waals surface area contributed by atoms with Crippen molar-refractivity contribution >= 4 is 32.5 Å². The molecule has 0 bridgehead atoms. The van der Waals surface area contributed by atoms with E-state index < -0.39 is 10.0 Å². The fourth-order valence-corrected chi connectivity index (χ4v) is 5.26. The van der Waals surface area contributed by atoms with Gasteiger partial charge >= 0.3 is 0 Å². The van der Waals surface area contributed by atoms with Gasteiger partial charge in [0.25, 0.3) is 0 Å². The number of halogens is 1. The maximum atomic E-state index is 12.8. The third-order valence-corrected chi connectivity index (χ3v) is 7.30. The van der Waals surface area contributed by atoms with Crippen molar-refractivity contribution in [2.75, 3.05) is 13.1 Å². The van der Waals surface area contributed by atoms with E-state index in [-0.39, 0.29) is 0 Å². The second-order valence-corrected chi connectivity index (χ2v) is 9.32. The first-order valence-corrected chi connectivity index (χ1v) is 10.6. The molecule has 0 atom stereocenters. The van der Waals surface area contributed by atoms with Gasteiger partial charge in [-0.15, -0.1) is 0 Å². The fourth-order valence-electron chi connectivity index (χ4n) is 3.61. The minimum Gasteiger partial charge on any atom is -0.358 e. The van der Waals surface area contributed by atoms with Crippen LogP contribution in [0.25, 0.3) is 10.9 Å². The Kier molecular flexibility index (Phi) is 4.55. The van der Waals surface area contributed by atoms with Crippen LogP contribution in [-0.4, -0.2) is 30.8 Å². The van der Waals surface area contributed by atoms with Crippen LogP contribution in [0.2, 0.25) is 5.02 Å². The number of rotatable bonds is 3. The van der Waals surface area contributed by atoms with Gasteiger partial charge in [0, 0.05) is 40.6 Å². The van der Waals surface area contributed by atoms with Crippen LogP contribution in [0.15, 0.2) is 53.4 Å². The van der Waals surface area contributed by atoms with E-state index >= 15 is 0 Å². The molecule has 3 aromatic rings. The lowest BCUT2D eigenvalue weighted by Gasteiger charge is -2.30. The number of fused-ring (bicyclic) bond motifs is 1. The molecule has 1 aromatic heterocycles. The highest BCUT2D eigenvalue weighted by atomic mass is 35.5. The molecule has 0 spiro atoms. The van der Waals surface area contributed by atoms with Crippen LogP contribution in [-0.2, 0) is 10.0 Å². The molecule has 2 aromatic carbocycles. The molecule has 2 heterocycles. The quantitative estimate of drug-likeness (QED) is 0.707. The monoisotopic (exact) mass is 388 g/mol. The van der Waals surface area contributed by atoms with E-state index in [9.17, 15) is 8.42 Å². The summed E-state index contributed by atoms with van der Waals surface area (Å²) in [5.74, 6) is 0.339. The van der Waals surface area contributed by atoms with Gasteiger partial charge in [0.05, 0.1) is 4.90 Å². The summed E-state index contributed by atoms with van der Waals surface area (Å²) in [5, 5.41) is 1.82. The summed E-state index contributed by atoms with van der Waals surface area (Å²) in [5.41, 5.74) is 3.29. The minimum absolute atomic E-state index is 0.339. The Morgan fingerprint density at radius 2 is 1.73 bits per heavy atom. The molecule has 6 heteroatoms. The van der Waals surface area contributed by atoms with Crippen molar-refractivity contribution in [3.63, 3.8) is 0 Å². The lowest BCUT2D eigenvalue weighted by molar-refractivity contribution is 0.317. The Morgan fingerprint density at radius 3 is 2.42 bits per heavy atom. The first kappa shape index (κ1) is 17.6. The standard InChI is InChI=1S/C20H21ClN2O2S/c1-14-2-5-18(6-3-14)26(24,25)23-10-8-15(9-11-23)20-13-16-12-17(21)4-7-19(16)22-20/h2-7,12-13,15,22H,8-11H2,1H3. The summed E-state index contributed by atoms with van der Waals surface area (Å²) in [4.78, 5) is 3.83. The highest BCUT2D eigenvalue weighted by Crippen LogP contribution is 2.32. The molecule has 1 aliphatic heterocycles. The van der Waals surface area contributed by atoms with E-state index in [0.717, 1.165) is 40.0 Å². The highest BCUT2D eigenvalue weighted by Gasteiger charge is 2.30. The van der Waals surface area contributed by atoms with Crippen molar-refractivity contribution in [1.29, 1.82) is 0 Å². The van der Waals surface area contributed by atoms with E-state index in [4.69, 9.17) is 11.6 Å². The average Bonchev–Trinajstić information content (AvgIpc) is 3.05. The van der Waals surface area contributed by atoms with Crippen LogP contribution in [0, 0.1) is 6.92 Å². The van der Waals surface area contributed by atoms with Gasteiger partial charge < -0.3 is 4.98 Å². The number of nitrogens with one attached hydrogen (secondary N) is 1. The van der Waals surface area contributed by atoms with Gasteiger partial charge in [-0.05, 0) is 56.2 Å². The Balaban J connectivity index is 1.50. The van der Waals surface area contributed by atoms with E-state index in [1.165, 1.54) is 0 Å². The third kappa shape index (κ3) is 3.27. The zero-order valence-electron chi connectivity index (χ0n) is 14.6. The normalized spacial score (nSPS) is 17.0. The average molecular weight is 389 g/mol. The Bertz CT molecular complexity index is 1030. The first-order chi connectivity index (χ1) is 12.4. The number of aryl methyl sites for hydroxylation is 1. The van der Waals surface area contributed by atoms with Crippen LogP contribution in [0.1, 0.15) is 30.0 Å². The molecule has 0 aliphatic carbocycles. The Morgan fingerprint density at radius 1 is 1.04 bits per heavy atom. The van der Waals surface area contributed by atoms with Crippen LogP contribution < -0.4 is 0 Å². The number of aromatic amines is 1. The van der Waals surface area contributed by atoms with Crippen molar-refractivity contribution in [3.8, 4) is 0 Å². The van der Waals surface area contributed by atoms with E-state index in [2.05, 4.69) is 11.1 Å². The molecule has 1 N–H and O–H groups in total. The van der Waals surface area contributed by atoms with Gasteiger partial charge in [0.15, 0.2) is 0 Å². The van der Waals surface area contributed by atoms with Crippen LogP contribution in [0.4, 0.5) is 0 Å². The lowest BCUT2D eigenvalue weighted by Crippen LogP contribution is -2.37. The Labute approximate surface area is 158 Å². The number of hydrogen-bond acceptors (Lipinski definition) is 2. The molecule has 1 fully saturated rings. The van der Waals surface area contributed by atoms with E-state index in [1.54, 1.807) is 16.4 Å². The van der Waals surface area contributed by atoms with Crippen molar-refractivity contribution in [1.82, 2.24) is 9.29 Å². The molecule has 4 rings (SSSR count). The molecule has 0 saturated carbocycles. The molecule has 4 nitrogen and oxygen atoms in total. The summed E-state index contributed by atoms with van der Waals surface area (Å²) in [6.07, 6.45) is 1.62. The number of nitrogens with zero attached hydrogens (tertiary/aromatic N) is 1. The molecular weight excluding hydrogens is 368 g/mol. The maximum Gasteiger partial charge on any atom is 0.243 e. The van der Waals surface area contributed by atoms with Gasteiger partial charge in [-0.1, -0.05) is 29.3 Å². The van der Waals surface area contributed by atoms with Crippen molar-refractivity contribution in [3.05, 3.63) is 64.8 Å². The smallest absolute Gasteiger partial charge is 0.243 e. The molecule has 26 heavy (non-hydrogen) atoms. The fraction of sp³-hybridized carbons (Fsp3) is 0.300. The van der Waals surface area contributed by atoms with Crippen LogP contribution >= 0.6 is 11.6 Å². The zero-order chi connectivity index (χ0) is 18.3. The second kappa shape index (κ2) is 6.72. The molecule has 0 amide bonds. The van der Waals surface area contributed by atoms with E-state index in [1.807, 2.05) is 37.3 Å². The summed E-state index contributed by atoms with van der Waals surface area (Å²) in [7, 11) is -3.41. The summed E-state index contributed by atoms with van der Waals surface area (Å²) in [6, 6.07) is 15.0. The number of aromatic nitrogens is 1. The number of H-pyrrole nitrogens is 1. The predicted molar refractivity (Wildman–Crippen MR) is 105 cm³/mol. The van der Waals surface area contributed by atoms with Crippen LogP contribution in [0.3, 0.4) is 0 Å². The van der Waals surface area contributed by atoms with Gasteiger partial charge in [-0.2, -0.15) is 4.31 Å². The SMILES string of the molecule is Cc1ccc(S(=O)(=O)N2CCC(c3cc4cc(Cl)ccc4[nH]3)CC2)cc1. The molecule has 1 saturated heterocycles. The van der Waals surface area contributed by atoms with Crippen molar-refractivity contribution in [2.45, 2.75) is 30.6 Å². The number of sulfonamides is 1. The third-order valence-electron chi connectivity index (χ3n) is 5.16. The van der Waals surface area contributed by atoms with Gasteiger partial charge in [-0.25, -0.2) is 8.42 Å². The van der Waals surface area contributed by atoms with Gasteiger partial charge in [-0.3, -0.25) is 0 Å². The molecule has 136 valence electrons. The number of benzene rings is 2. The highest BCUT2D eigenvalue weighted by molar-refractivity contribution is 7.89. The second-order valence-electron chi connectivity index (χ2n) is 6.95. The Hall–Kier alpha value is -1.82. The van der Waals surface area contributed by atoms with Crippen molar-refractivity contribution < 1.29 is 8.42 Å². The minimum atomic E-state index is -3.41. The lowest BCUT2D eigenvalue weighted by atomic mass is 9.95. The number of hydrogen-bond donors (Lipinski definition) is 1.